The number of ketones is 1. The van der Waals surface area contributed by atoms with E-state index in [1.54, 1.807) is 116 Å². The van der Waals surface area contributed by atoms with Crippen LogP contribution in [0.3, 0.4) is 0 Å². The first-order chi connectivity index (χ1) is 27.0. The van der Waals surface area contributed by atoms with Gasteiger partial charge in [0.15, 0.2) is 11.4 Å². The summed E-state index contributed by atoms with van der Waals surface area (Å²) in [7, 11) is 0. The molecule has 13 nitrogen and oxygen atoms in total. The Hall–Kier alpha value is -4.59. The van der Waals surface area contributed by atoms with Crippen molar-refractivity contribution in [3.8, 4) is 0 Å². The van der Waals surface area contributed by atoms with Gasteiger partial charge in [-0.05, 0) is 75.8 Å². The van der Waals surface area contributed by atoms with Crippen LogP contribution in [0.4, 0.5) is 4.79 Å². The van der Waals surface area contributed by atoms with Gasteiger partial charge in [0.05, 0.1) is 30.0 Å². The van der Waals surface area contributed by atoms with Gasteiger partial charge >= 0.3 is 24.0 Å². The summed E-state index contributed by atoms with van der Waals surface area (Å²) in [6.45, 7) is 16.3. The van der Waals surface area contributed by atoms with Gasteiger partial charge in [-0.15, -0.1) is 0 Å². The van der Waals surface area contributed by atoms with Crippen molar-refractivity contribution < 1.29 is 57.9 Å². The van der Waals surface area contributed by atoms with Gasteiger partial charge in [0.2, 0.25) is 0 Å². The second-order valence-corrected chi connectivity index (χ2v) is 18.3. The van der Waals surface area contributed by atoms with Crippen LogP contribution in [0.1, 0.15) is 104 Å². The van der Waals surface area contributed by atoms with Crippen LogP contribution in [0.5, 0.6) is 0 Å². The molecule has 2 bridgehead atoms. The van der Waals surface area contributed by atoms with Crippen molar-refractivity contribution in [2.24, 2.45) is 28.6 Å². The quantitative estimate of drug-likeness (QED) is 0.166. The van der Waals surface area contributed by atoms with Gasteiger partial charge in [-0.2, -0.15) is 0 Å². The summed E-state index contributed by atoms with van der Waals surface area (Å²) < 4.78 is 30.4. The van der Waals surface area contributed by atoms with Gasteiger partial charge < -0.3 is 39.2 Å². The Morgan fingerprint density at radius 2 is 1.57 bits per heavy atom. The Morgan fingerprint density at radius 3 is 2.12 bits per heavy atom. The first-order valence-corrected chi connectivity index (χ1v) is 20.0. The van der Waals surface area contributed by atoms with E-state index in [-0.39, 0.29) is 30.6 Å². The lowest BCUT2D eigenvalue weighted by molar-refractivity contribution is -0.340. The molecule has 4 aliphatic rings. The number of nitrogens with one attached hydrogen (secondary N) is 1. The van der Waals surface area contributed by atoms with E-state index in [1.165, 1.54) is 6.92 Å². The van der Waals surface area contributed by atoms with Crippen molar-refractivity contribution in [1.82, 2.24) is 5.32 Å². The zero-order valence-electron chi connectivity index (χ0n) is 35.0. The lowest BCUT2D eigenvalue weighted by Gasteiger charge is -2.68. The maximum Gasteiger partial charge on any atom is 0.408 e. The molecule has 58 heavy (non-hydrogen) atoms. The smallest absolute Gasteiger partial charge is 0.408 e. The van der Waals surface area contributed by atoms with Gasteiger partial charge in [-0.3, -0.25) is 14.4 Å². The number of aliphatic hydroxyl groups is 2. The number of rotatable bonds is 8. The molecule has 3 fully saturated rings. The van der Waals surface area contributed by atoms with Gasteiger partial charge in [-0.25, -0.2) is 9.59 Å². The Balaban J connectivity index is 1.49. The fraction of sp³-hybridized carbons (Fsp3) is 0.578. The first kappa shape index (κ1) is 43.0. The molecule has 2 saturated carbocycles. The highest BCUT2D eigenvalue weighted by molar-refractivity contribution is 5.94. The summed E-state index contributed by atoms with van der Waals surface area (Å²) in [6, 6.07) is 16.2. The van der Waals surface area contributed by atoms with Crippen LogP contribution in [0.2, 0.25) is 0 Å². The Bertz CT molecular complexity index is 1970. The molecule has 2 aromatic carbocycles. The van der Waals surface area contributed by atoms with Crippen molar-refractivity contribution >= 4 is 29.8 Å². The van der Waals surface area contributed by atoms with Crippen LogP contribution in [0.15, 0.2) is 71.8 Å². The molecular weight excluding hydrogens is 746 g/mol. The molecule has 2 aromatic rings. The maximum absolute atomic E-state index is 15.1. The Morgan fingerprint density at radius 1 is 0.966 bits per heavy atom. The molecule has 3 N–H and O–H groups in total. The molecule has 0 spiro atoms. The molecule has 1 heterocycles. The molecule has 0 radical (unpaired) electrons. The summed E-state index contributed by atoms with van der Waals surface area (Å²) >= 11 is 0. The zero-order chi connectivity index (χ0) is 42.7. The van der Waals surface area contributed by atoms with Crippen molar-refractivity contribution in [2.45, 2.75) is 129 Å². The fourth-order valence-electron chi connectivity index (χ4n) is 10.0. The van der Waals surface area contributed by atoms with Crippen LogP contribution in [-0.2, 0) is 38.1 Å². The molecule has 1 amide bonds. The van der Waals surface area contributed by atoms with Crippen molar-refractivity contribution in [1.29, 1.82) is 0 Å². The molecule has 1 aliphatic heterocycles. The van der Waals surface area contributed by atoms with Crippen LogP contribution in [0, 0.1) is 28.6 Å². The highest BCUT2D eigenvalue weighted by Crippen LogP contribution is 2.65. The molecular formula is C45H57NO12. The Kier molecular flexibility index (Phi) is 11.3. The van der Waals surface area contributed by atoms with Crippen LogP contribution in [0.25, 0.3) is 0 Å². The van der Waals surface area contributed by atoms with Gasteiger partial charge in [0.25, 0.3) is 0 Å². The van der Waals surface area contributed by atoms with Crippen molar-refractivity contribution in [2.75, 3.05) is 6.61 Å². The minimum atomic E-state index is -2.16. The lowest BCUT2D eigenvalue weighted by atomic mass is 9.43. The van der Waals surface area contributed by atoms with Crippen molar-refractivity contribution in [3.63, 3.8) is 0 Å². The molecule has 13 heteroatoms. The van der Waals surface area contributed by atoms with E-state index in [9.17, 15) is 29.4 Å². The zero-order valence-corrected chi connectivity index (χ0v) is 35.0. The summed E-state index contributed by atoms with van der Waals surface area (Å²) in [5.74, 6) is -5.56. The number of amides is 1. The molecule has 3 aliphatic carbocycles. The third-order valence-electron chi connectivity index (χ3n) is 13.3. The molecule has 314 valence electrons. The number of aliphatic hydroxyl groups excluding tert-OH is 1. The predicted molar refractivity (Wildman–Crippen MR) is 210 cm³/mol. The molecule has 1 saturated heterocycles. The summed E-state index contributed by atoms with van der Waals surface area (Å²) in [6.07, 6.45) is -6.11. The molecule has 11 atom stereocenters. The number of ether oxygens (including phenoxy) is 5. The van der Waals surface area contributed by atoms with Gasteiger partial charge in [0, 0.05) is 24.2 Å². The van der Waals surface area contributed by atoms with Gasteiger partial charge in [-0.1, -0.05) is 76.2 Å². The van der Waals surface area contributed by atoms with E-state index >= 15 is 4.79 Å². The summed E-state index contributed by atoms with van der Waals surface area (Å²) in [4.78, 5) is 69.7. The topological polar surface area (TPSA) is 184 Å². The monoisotopic (exact) mass is 803 g/mol. The average molecular weight is 804 g/mol. The minimum Gasteiger partial charge on any atom is -0.457 e. The third-order valence-corrected chi connectivity index (χ3v) is 13.3. The van der Waals surface area contributed by atoms with Crippen molar-refractivity contribution in [3.05, 3.63) is 82.9 Å². The number of carbonyl (C=O) groups excluding carboxylic acids is 5. The fourth-order valence-corrected chi connectivity index (χ4v) is 10.0. The van der Waals surface area contributed by atoms with E-state index in [0.717, 1.165) is 0 Å². The number of alkyl carbamates (subject to hydrolysis) is 1. The van der Waals surface area contributed by atoms with Crippen LogP contribution < -0.4 is 5.32 Å². The number of esters is 3. The van der Waals surface area contributed by atoms with Crippen LogP contribution >= 0.6 is 0 Å². The number of hydrogen-bond acceptors (Lipinski definition) is 12. The molecule has 2 unspecified atom stereocenters. The van der Waals surface area contributed by atoms with Crippen LogP contribution in [-0.4, -0.2) is 87.8 Å². The highest BCUT2D eigenvalue weighted by Gasteiger charge is 2.77. The van der Waals surface area contributed by atoms with E-state index in [4.69, 9.17) is 23.7 Å². The SMILES string of the molecule is CC(=O)O[C@@]12CO[C@@H]1C[C@H](C)[C@@]1(C)C(=O)[C@H](O)C3=C(C)[C@@H](OC(=O)[C@H](C)[C@@H](NC(=O)OC(C)(C)C)c4ccccc4)C[C@@](O)(C(OC(=O)c4ccccc4)C12)C3(C)C. The summed E-state index contributed by atoms with van der Waals surface area (Å²) in [5, 5.41) is 28.7. The highest BCUT2D eigenvalue weighted by atomic mass is 16.6. The molecule has 0 aromatic heterocycles. The Labute approximate surface area is 339 Å². The first-order valence-electron chi connectivity index (χ1n) is 20.0. The number of hydrogen-bond donors (Lipinski definition) is 3. The number of fused-ring (bicyclic) bond motifs is 5. The van der Waals surface area contributed by atoms with E-state index in [2.05, 4.69) is 5.32 Å². The number of carbonyl (C=O) groups is 5. The molecule has 6 rings (SSSR count). The average Bonchev–Trinajstić information content (AvgIpc) is 3.14. The third kappa shape index (κ3) is 7.12. The maximum atomic E-state index is 15.1. The van der Waals surface area contributed by atoms with E-state index in [1.807, 2.05) is 6.92 Å². The second kappa shape index (κ2) is 15.2. The standard InChI is InChI=1S/C45H57NO12/c1-24-21-31-44(23-54-31,57-27(4)47)35-37(56-39(51)29-19-15-12-16-20-29)45(53)22-30(25(2)32(42(45,8)9)34(48)36(49)43(24,35)10)55-38(50)26(3)33(28-17-13-11-14-18-28)46-40(52)58-41(5,6)7/h11-20,24,26,30-31,33-35,37,48,53H,21-23H2,1-10H3,(H,46,52)/t24-,26+,30-,31+,33+,34+,35?,37?,43+,44-,45+/m0/s1. The minimum absolute atomic E-state index is 0.129. The van der Waals surface area contributed by atoms with E-state index < -0.39 is 106 Å². The van der Waals surface area contributed by atoms with Gasteiger partial charge in [0.1, 0.15) is 35.6 Å². The normalized spacial score (nSPS) is 33.7. The number of benzene rings is 2. The second-order valence-electron chi connectivity index (χ2n) is 18.3. The predicted octanol–water partition coefficient (Wildman–Crippen LogP) is 5.81. The lowest BCUT2D eigenvalue weighted by Crippen LogP contribution is -2.80. The summed E-state index contributed by atoms with van der Waals surface area (Å²) in [5.41, 5.74) is -6.26. The number of Topliss-reactive ketones (excluding diaryl/α,β-unsaturated/α-hetero) is 1. The largest absolute Gasteiger partial charge is 0.457 e. The van der Waals surface area contributed by atoms with E-state index in [0.29, 0.717) is 11.1 Å².